The summed E-state index contributed by atoms with van der Waals surface area (Å²) in [6, 6.07) is 2.46. The first-order valence-corrected chi connectivity index (χ1v) is 15.7. The van der Waals surface area contributed by atoms with Gasteiger partial charge in [0.15, 0.2) is 5.78 Å². The molecule has 2 saturated heterocycles. The van der Waals surface area contributed by atoms with Gasteiger partial charge in [0.25, 0.3) is 0 Å². The zero-order valence-corrected chi connectivity index (χ0v) is 26.0. The lowest BCUT2D eigenvalue weighted by Crippen LogP contribution is -2.60. The van der Waals surface area contributed by atoms with Gasteiger partial charge in [-0.15, -0.1) is 0 Å². The molecule has 13 heteroatoms. The second-order valence-electron chi connectivity index (χ2n) is 11.8. The van der Waals surface area contributed by atoms with E-state index in [1.807, 2.05) is 4.90 Å². The van der Waals surface area contributed by atoms with Crippen molar-refractivity contribution in [3.63, 3.8) is 0 Å². The molecule has 0 saturated carbocycles. The number of Topliss-reactive ketones (excluding diaryl/α,β-unsaturated/α-hetero) is 1. The van der Waals surface area contributed by atoms with Crippen LogP contribution in [-0.2, 0) is 28.7 Å². The topological polar surface area (TPSA) is 179 Å². The van der Waals surface area contributed by atoms with Gasteiger partial charge in [-0.2, -0.15) is 0 Å². The fourth-order valence-corrected chi connectivity index (χ4v) is 5.56. The number of methoxy groups -OCH3 is 1. The summed E-state index contributed by atoms with van der Waals surface area (Å²) in [5.41, 5.74) is 1.54. The van der Waals surface area contributed by atoms with Gasteiger partial charge in [-0.25, -0.2) is 0 Å². The molecule has 1 aliphatic carbocycles. The summed E-state index contributed by atoms with van der Waals surface area (Å²) in [6.45, 7) is 3.71. The van der Waals surface area contributed by atoms with Crippen molar-refractivity contribution < 1.29 is 43.6 Å². The zero-order chi connectivity index (χ0) is 32.3. The Morgan fingerprint density at radius 1 is 1.00 bits per heavy atom. The minimum Gasteiger partial charge on any atom is -0.497 e. The molecule has 2 fully saturated rings. The Bertz CT molecular complexity index is 1200. The highest BCUT2D eigenvalue weighted by atomic mass is 16.6. The van der Waals surface area contributed by atoms with Gasteiger partial charge in [0.05, 0.1) is 45.6 Å². The van der Waals surface area contributed by atoms with Crippen LogP contribution in [0.2, 0.25) is 0 Å². The third-order valence-electron chi connectivity index (χ3n) is 8.36. The Morgan fingerprint density at radius 3 is 2.29 bits per heavy atom. The lowest BCUT2D eigenvalue weighted by atomic mass is 9.92. The molecule has 4 rings (SSSR count). The summed E-state index contributed by atoms with van der Waals surface area (Å²) in [4.78, 5) is 55.1. The maximum atomic E-state index is 13.8. The van der Waals surface area contributed by atoms with Crippen LogP contribution >= 0.6 is 0 Å². The lowest BCUT2D eigenvalue weighted by molar-refractivity contribution is -0.137. The summed E-state index contributed by atoms with van der Waals surface area (Å²) >= 11 is 0. The Balaban J connectivity index is 1.51. The predicted molar refractivity (Wildman–Crippen MR) is 163 cm³/mol. The zero-order valence-electron chi connectivity index (χ0n) is 26.0. The van der Waals surface area contributed by atoms with Crippen molar-refractivity contribution in [2.24, 2.45) is 0 Å². The summed E-state index contributed by atoms with van der Waals surface area (Å²) in [7, 11) is 1.50. The van der Waals surface area contributed by atoms with Gasteiger partial charge in [0.2, 0.25) is 17.7 Å². The number of hydrogen-bond acceptors (Lipinski definition) is 10. The van der Waals surface area contributed by atoms with Crippen LogP contribution in [0.4, 0.5) is 0 Å². The smallest absolute Gasteiger partial charge is 0.246 e. The van der Waals surface area contributed by atoms with Crippen molar-refractivity contribution in [3.05, 3.63) is 41.5 Å². The van der Waals surface area contributed by atoms with Crippen LogP contribution < -0.4 is 20.7 Å². The molecule has 0 unspecified atom stereocenters. The largest absolute Gasteiger partial charge is 0.497 e. The van der Waals surface area contributed by atoms with Crippen LogP contribution in [0.3, 0.4) is 0 Å². The van der Waals surface area contributed by atoms with E-state index in [4.69, 9.17) is 14.2 Å². The molecule has 0 bridgehead atoms. The monoisotopic (exact) mass is 630 g/mol. The van der Waals surface area contributed by atoms with Gasteiger partial charge in [0, 0.05) is 13.1 Å². The number of aliphatic hydroxyl groups excluding tert-OH is 2. The molecular formula is C32H46N4O9. The van der Waals surface area contributed by atoms with Crippen molar-refractivity contribution in [1.82, 2.24) is 20.9 Å². The Hall–Kier alpha value is -3.36. The molecule has 3 amide bonds. The molecule has 13 nitrogen and oxygen atoms in total. The lowest BCUT2D eigenvalue weighted by Gasteiger charge is -2.30. The number of rotatable bonds is 16. The number of epoxide rings is 1. The Labute approximate surface area is 263 Å². The van der Waals surface area contributed by atoms with Gasteiger partial charge in [0.1, 0.15) is 30.0 Å². The number of benzene rings is 1. The van der Waals surface area contributed by atoms with E-state index in [0.29, 0.717) is 50.5 Å². The van der Waals surface area contributed by atoms with Crippen LogP contribution in [0.5, 0.6) is 5.75 Å². The predicted octanol–water partition coefficient (Wildman–Crippen LogP) is 0.145. The summed E-state index contributed by atoms with van der Waals surface area (Å²) in [6.07, 6.45) is 3.85. The summed E-state index contributed by atoms with van der Waals surface area (Å²) < 4.78 is 15.7. The minimum atomic E-state index is -1.56. The van der Waals surface area contributed by atoms with Crippen molar-refractivity contribution in [3.8, 4) is 5.75 Å². The van der Waals surface area contributed by atoms with E-state index in [1.165, 1.54) is 19.6 Å². The second kappa shape index (κ2) is 16.8. The molecular weight excluding hydrogens is 584 g/mol. The molecule has 5 N–H and O–H groups in total. The molecule has 248 valence electrons. The Kier molecular flexibility index (Phi) is 12.9. The van der Waals surface area contributed by atoms with Gasteiger partial charge in [-0.05, 0) is 63.1 Å². The molecule has 0 radical (unpaired) electrons. The first-order valence-electron chi connectivity index (χ1n) is 15.7. The summed E-state index contributed by atoms with van der Waals surface area (Å²) in [5, 5.41) is 29.7. The highest BCUT2D eigenvalue weighted by Gasteiger charge is 2.40. The number of nitrogens with one attached hydrogen (secondary N) is 3. The molecule has 6 atom stereocenters. The van der Waals surface area contributed by atoms with Crippen LogP contribution in [0, 0.1) is 0 Å². The number of nitrogens with zero attached hydrogens (tertiary/aromatic N) is 1. The summed E-state index contributed by atoms with van der Waals surface area (Å²) in [5.74, 6) is -1.87. The SMILES string of the molecule is COc1ccc([C@@H](O)[C@H](NC(=O)[C@@H](NC(=O)CN2CCOCC2)[C@@H](C)O)C(=O)N[C@@H](CCC2=CCCCC2)C(=O)[C@H]2CO2)cc1. The maximum Gasteiger partial charge on any atom is 0.246 e. The molecule has 2 aliphatic heterocycles. The van der Waals surface area contributed by atoms with Crippen molar-refractivity contribution in [2.45, 2.75) is 81.9 Å². The van der Waals surface area contributed by atoms with E-state index >= 15 is 0 Å². The van der Waals surface area contributed by atoms with Crippen LogP contribution in [0.1, 0.15) is 57.1 Å². The average Bonchev–Trinajstić information content (AvgIpc) is 3.90. The van der Waals surface area contributed by atoms with E-state index in [-0.39, 0.29) is 18.9 Å². The van der Waals surface area contributed by atoms with Crippen molar-refractivity contribution in [2.75, 3.05) is 46.6 Å². The number of ketones is 1. The number of morpholine rings is 1. The third-order valence-corrected chi connectivity index (χ3v) is 8.36. The number of allylic oxidation sites excluding steroid dienone is 2. The first kappa shape index (κ1) is 34.5. The van der Waals surface area contributed by atoms with E-state index < -0.39 is 54.2 Å². The van der Waals surface area contributed by atoms with Crippen LogP contribution in [0.15, 0.2) is 35.9 Å². The van der Waals surface area contributed by atoms with Crippen molar-refractivity contribution in [1.29, 1.82) is 0 Å². The molecule has 1 aromatic carbocycles. The number of aliphatic hydroxyl groups is 2. The second-order valence-corrected chi connectivity index (χ2v) is 11.8. The molecule has 0 spiro atoms. The number of amides is 3. The van der Waals surface area contributed by atoms with E-state index in [0.717, 1.165) is 25.7 Å². The quantitative estimate of drug-likeness (QED) is 0.125. The van der Waals surface area contributed by atoms with Gasteiger partial charge < -0.3 is 40.4 Å². The van der Waals surface area contributed by atoms with Crippen LogP contribution in [0.25, 0.3) is 0 Å². The average molecular weight is 631 g/mol. The standard InChI is InChI=1S/C32H46N4O9/c1-20(37)27(34-26(38)18-36-14-16-44-17-15-36)31(41)35-28(29(39)22-9-11-23(43-2)12-10-22)32(42)33-24(30(40)25-19-45-25)13-8-21-6-4-3-5-7-21/h6,9-12,20,24-25,27-29,37,39H,3-5,7-8,13-19H2,1-2H3,(H,33,42)(H,34,38)(H,35,41)/t20-,24+,25-,27+,28+,29-/m1/s1. The molecule has 2 heterocycles. The van der Waals surface area contributed by atoms with Crippen LogP contribution in [-0.4, -0.2) is 116 Å². The number of ether oxygens (including phenoxy) is 3. The number of hydrogen-bond donors (Lipinski definition) is 5. The fourth-order valence-electron chi connectivity index (χ4n) is 5.56. The Morgan fingerprint density at radius 2 is 1.69 bits per heavy atom. The first-order chi connectivity index (χ1) is 21.7. The third kappa shape index (κ3) is 10.3. The maximum absolute atomic E-state index is 13.8. The van der Waals surface area contributed by atoms with E-state index in [2.05, 4.69) is 22.0 Å². The molecule has 45 heavy (non-hydrogen) atoms. The van der Waals surface area contributed by atoms with Crippen molar-refractivity contribution >= 4 is 23.5 Å². The van der Waals surface area contributed by atoms with E-state index in [9.17, 15) is 29.4 Å². The molecule has 3 aliphatic rings. The molecule has 0 aromatic heterocycles. The normalized spacial score (nSPS) is 21.7. The van der Waals surface area contributed by atoms with Gasteiger partial charge in [-0.1, -0.05) is 23.8 Å². The van der Waals surface area contributed by atoms with Gasteiger partial charge >= 0.3 is 0 Å². The minimum absolute atomic E-state index is 0.00170. The highest BCUT2D eigenvalue weighted by molar-refractivity contribution is 5.97. The fraction of sp³-hybridized carbons (Fsp3) is 0.625. The number of carbonyl (C=O) groups is 4. The highest BCUT2D eigenvalue weighted by Crippen LogP contribution is 2.25. The van der Waals surface area contributed by atoms with E-state index in [1.54, 1.807) is 24.3 Å². The number of carbonyl (C=O) groups excluding carboxylic acids is 4. The van der Waals surface area contributed by atoms with Gasteiger partial charge in [-0.3, -0.25) is 24.1 Å². The molecule has 1 aromatic rings.